The maximum Gasteiger partial charge on any atom is 0.306 e. The summed E-state index contributed by atoms with van der Waals surface area (Å²) in [5, 5.41) is 91.2. The molecule has 9 N–H and O–H groups in total. The first-order chi connectivity index (χ1) is 44.2. The summed E-state index contributed by atoms with van der Waals surface area (Å²) < 4.78 is 43.4. The molecule has 0 radical (unpaired) electrons. The molecule has 15 nitrogen and oxygen atoms in total. The van der Waals surface area contributed by atoms with Gasteiger partial charge in [-0.05, 0) is 157 Å². The number of carboxylic acid groups (broad SMARTS) is 1. The van der Waals surface area contributed by atoms with Gasteiger partial charge in [0.2, 0.25) is 0 Å². The molecule has 7 rings (SSSR count). The van der Waals surface area contributed by atoms with Gasteiger partial charge in [-0.15, -0.1) is 0 Å². The van der Waals surface area contributed by atoms with Crippen LogP contribution < -0.4 is 4.74 Å². The van der Waals surface area contributed by atoms with E-state index in [9.17, 15) is 64.0 Å². The molecular formula is C75H106F2O15. The van der Waals surface area contributed by atoms with Crippen LogP contribution in [0.25, 0.3) is 0 Å². The number of aliphatic carboxylic acids is 1. The molecule has 16 atom stereocenters. The van der Waals surface area contributed by atoms with Crippen LogP contribution in [0.5, 0.6) is 5.75 Å². The van der Waals surface area contributed by atoms with Crippen LogP contribution >= 0.6 is 0 Å². The van der Waals surface area contributed by atoms with Crippen molar-refractivity contribution in [3.05, 3.63) is 162 Å². The number of aryl methyl sites for hydroxylation is 2. The number of ether oxygens (including phenoxy) is 3. The maximum atomic E-state index is 13.7. The number of carboxylic acids is 1. The minimum Gasteiger partial charge on any atom is -0.487 e. The van der Waals surface area contributed by atoms with Crippen molar-refractivity contribution in [3.63, 3.8) is 0 Å². The number of hydrogen-bond acceptors (Lipinski definition) is 14. The molecule has 3 aromatic rings. The standard InChI is InChI=1S/C26H36F2O6.C26H38O4.C23H32O5/c1-16(2)34-26(31)5-3-4-17-6-9-21-20(23(30)13-24(21)32-14-17)10-8-19(29)15-33-25-12-18(27)7-11-22(25)28;1-2-10-21(27)13-8-3-4-9-14-23-24(26(30)19-25(23)29)18-17-22(28)16-15-20-11-6-5-7-12-20;24-18(13-12-17-8-4-3-5-9-17)14-15-20-19(21(25)16-22(20)26)10-6-1-2-7-11-23(27)28/h7-8,10-12,16-17,19-21,23-24,29-30H,3-6,9,13-15H2,1-2H3;4-7,9,11-12,17-18,22-26,28-30H,2-3,8,10,13-16,19H2,1H3;1,3-6,8-9,14-15,18-22,24-26H,2,7,10-13,16H2,(H,27,28)/b10-8+;9-4-,18-17+;6-1-,15-14+/t17-,19+,20+,21+,23+,24-;22-,23+,24+,25-,26+;18-,19+,20+,21-,22+/m100/s1. The highest BCUT2D eigenvalue weighted by Gasteiger charge is 2.44. The Morgan fingerprint density at radius 3 is 1.70 bits per heavy atom. The zero-order valence-corrected chi connectivity index (χ0v) is 54.3. The number of allylic oxidation sites excluding steroid dienone is 4. The molecule has 4 fully saturated rings. The number of carbonyl (C=O) groups is 3. The lowest BCUT2D eigenvalue weighted by Gasteiger charge is -2.21. The highest BCUT2D eigenvalue weighted by atomic mass is 19.1. The van der Waals surface area contributed by atoms with Gasteiger partial charge in [0.25, 0.3) is 0 Å². The van der Waals surface area contributed by atoms with Crippen LogP contribution in [0, 0.1) is 53.1 Å². The lowest BCUT2D eigenvalue weighted by atomic mass is 9.86. The molecular weight excluding hydrogens is 1180 g/mol. The fourth-order valence-electron chi connectivity index (χ4n) is 12.8. The largest absolute Gasteiger partial charge is 0.487 e. The van der Waals surface area contributed by atoms with Crippen LogP contribution in [-0.4, -0.2) is 138 Å². The number of aliphatic hydroxyl groups excluding tert-OH is 8. The second-order valence-corrected chi connectivity index (χ2v) is 25.7. The van der Waals surface area contributed by atoms with E-state index in [2.05, 4.69) is 24.3 Å². The smallest absolute Gasteiger partial charge is 0.306 e. The Kier molecular flexibility index (Phi) is 35.6. The van der Waals surface area contributed by atoms with Crippen LogP contribution in [0.15, 0.2) is 140 Å². The Balaban J connectivity index is 0.000000252. The van der Waals surface area contributed by atoms with Crippen molar-refractivity contribution in [3.8, 4) is 5.75 Å². The lowest BCUT2D eigenvalue weighted by Crippen LogP contribution is -2.22. The van der Waals surface area contributed by atoms with Gasteiger partial charge in [0.15, 0.2) is 11.6 Å². The van der Waals surface area contributed by atoms with Crippen LogP contribution in [0.4, 0.5) is 8.78 Å². The van der Waals surface area contributed by atoms with Gasteiger partial charge in [0, 0.05) is 75.4 Å². The number of rotatable bonds is 34. The average molecular weight is 1290 g/mol. The number of aliphatic hydroxyl groups is 8. The predicted octanol–water partition coefficient (Wildman–Crippen LogP) is 11.7. The van der Waals surface area contributed by atoms with Crippen LogP contribution in [-0.2, 0) is 36.7 Å². The Morgan fingerprint density at radius 2 is 1.15 bits per heavy atom. The molecule has 0 spiro atoms. The van der Waals surface area contributed by atoms with Crippen LogP contribution in [0.1, 0.15) is 160 Å². The fourth-order valence-corrected chi connectivity index (χ4v) is 12.8. The van der Waals surface area contributed by atoms with Gasteiger partial charge in [0.1, 0.15) is 24.3 Å². The van der Waals surface area contributed by atoms with Gasteiger partial charge in [0.05, 0.1) is 54.9 Å². The summed E-state index contributed by atoms with van der Waals surface area (Å²) in [6.45, 7) is 6.08. The van der Waals surface area contributed by atoms with Crippen LogP contribution in [0.2, 0.25) is 0 Å². The van der Waals surface area contributed by atoms with E-state index in [1.54, 1.807) is 18.2 Å². The summed E-state index contributed by atoms with van der Waals surface area (Å²) in [5.41, 5.74) is 2.37. The number of fused-ring (bicyclic) bond motifs is 1. The summed E-state index contributed by atoms with van der Waals surface area (Å²) in [5.74, 6) is -2.36. The summed E-state index contributed by atoms with van der Waals surface area (Å²) in [7, 11) is 0. The van der Waals surface area contributed by atoms with Crippen molar-refractivity contribution in [1.82, 2.24) is 0 Å². The zero-order chi connectivity index (χ0) is 66.8. The second kappa shape index (κ2) is 42.6. The third-order valence-corrected chi connectivity index (χ3v) is 17.9. The second-order valence-electron chi connectivity index (χ2n) is 25.7. The van der Waals surface area contributed by atoms with Crippen molar-refractivity contribution in [2.45, 2.75) is 223 Å². The van der Waals surface area contributed by atoms with Crippen molar-refractivity contribution < 1.29 is 83.3 Å². The molecule has 4 aliphatic rings. The van der Waals surface area contributed by atoms with Crippen molar-refractivity contribution in [2.24, 2.45) is 41.4 Å². The predicted molar refractivity (Wildman–Crippen MR) is 352 cm³/mol. The van der Waals surface area contributed by atoms with E-state index in [4.69, 9.17) is 19.3 Å². The van der Waals surface area contributed by atoms with Crippen LogP contribution in [0.3, 0.4) is 0 Å². The monoisotopic (exact) mass is 1280 g/mol. The molecule has 3 saturated carbocycles. The first-order valence-corrected chi connectivity index (χ1v) is 33.7. The Labute approximate surface area is 544 Å². The number of benzene rings is 3. The first kappa shape index (κ1) is 77.0. The van der Waals surface area contributed by atoms with Gasteiger partial charge in [-0.25, -0.2) is 8.78 Å². The number of halogens is 2. The normalized spacial score (nSPS) is 26.6. The Hall–Kier alpha value is -5.73. The third-order valence-electron chi connectivity index (χ3n) is 17.9. The molecule has 17 heteroatoms. The van der Waals surface area contributed by atoms with E-state index >= 15 is 0 Å². The van der Waals surface area contributed by atoms with Crippen molar-refractivity contribution >= 4 is 17.7 Å². The van der Waals surface area contributed by atoms with Gasteiger partial charge >= 0.3 is 11.9 Å². The lowest BCUT2D eigenvalue weighted by molar-refractivity contribution is -0.147. The van der Waals surface area contributed by atoms with Gasteiger partial charge in [-0.1, -0.05) is 128 Å². The molecule has 510 valence electrons. The number of esters is 1. The first-order valence-electron chi connectivity index (χ1n) is 33.7. The quantitative estimate of drug-likeness (QED) is 0.0153. The molecule has 3 aliphatic carbocycles. The average Bonchev–Trinajstić information content (AvgIpc) is 1.74. The minimum absolute atomic E-state index is 0.0458. The van der Waals surface area contributed by atoms with Crippen molar-refractivity contribution in [2.75, 3.05) is 13.2 Å². The highest BCUT2D eigenvalue weighted by Crippen LogP contribution is 2.43. The zero-order valence-electron chi connectivity index (χ0n) is 54.3. The molecule has 1 aliphatic heterocycles. The van der Waals surface area contributed by atoms with Gasteiger partial charge in [-0.2, -0.15) is 0 Å². The number of hydrogen-bond donors (Lipinski definition) is 9. The summed E-state index contributed by atoms with van der Waals surface area (Å²) in [4.78, 5) is 33.8. The molecule has 1 saturated heterocycles. The molecule has 3 aromatic carbocycles. The van der Waals surface area contributed by atoms with E-state index in [1.807, 2.05) is 93.6 Å². The molecule has 0 amide bonds. The Bertz CT molecular complexity index is 2720. The van der Waals surface area contributed by atoms with E-state index in [1.165, 1.54) is 17.2 Å². The van der Waals surface area contributed by atoms with Gasteiger partial charge in [-0.3, -0.25) is 14.4 Å². The number of carbonyl (C=O) groups excluding carboxylic acids is 2. The number of unbranched alkanes of at least 4 members (excludes halogenated alkanes) is 2. The minimum atomic E-state index is -1.03. The van der Waals surface area contributed by atoms with E-state index < -0.39 is 66.4 Å². The molecule has 0 bridgehead atoms. The van der Waals surface area contributed by atoms with E-state index in [0.29, 0.717) is 95.4 Å². The van der Waals surface area contributed by atoms with Gasteiger partial charge < -0.3 is 60.2 Å². The molecule has 1 heterocycles. The van der Waals surface area contributed by atoms with E-state index in [0.717, 1.165) is 76.0 Å². The summed E-state index contributed by atoms with van der Waals surface area (Å²) in [6, 6.07) is 23.0. The topological polar surface area (TPSA) is 261 Å². The highest BCUT2D eigenvalue weighted by molar-refractivity contribution is 5.78. The maximum absolute atomic E-state index is 13.7. The molecule has 92 heavy (non-hydrogen) atoms. The number of ketones is 1. The molecule has 0 unspecified atom stereocenters. The molecule has 0 aromatic heterocycles. The Morgan fingerprint density at radius 1 is 0.620 bits per heavy atom. The fraction of sp³-hybridized carbons (Fsp3) is 0.587. The summed E-state index contributed by atoms with van der Waals surface area (Å²) in [6.07, 6.45) is 28.1. The summed E-state index contributed by atoms with van der Waals surface area (Å²) >= 11 is 0. The number of Topliss-reactive ketones (excluding diaryl/α,β-unsaturated/α-hetero) is 1. The SMILES string of the molecule is CC(C)OC(=O)CCC[C@@H]1CC[C@H]2[C@H](/C=C/[C@H](O)COc3cc(F)ccc3F)[C@@H](O)C[C@H]2OC1.CCCC(=O)CCC/C=C\C[C@@H]1[C@@H](/C=C/[C@@H](O)CCc2ccccc2)[C@H](O)C[C@@H]1O.O=C(O)CCC/C=C\C[C@@H]1[C@@H](/C=C/[C@@H](O)CCc2ccccc2)[C@H](O)C[C@@H]1O. The van der Waals surface area contributed by atoms with Crippen molar-refractivity contribution in [1.29, 1.82) is 0 Å². The van der Waals surface area contributed by atoms with E-state index in [-0.39, 0.29) is 72.5 Å². The third kappa shape index (κ3) is 28.9.